The van der Waals surface area contributed by atoms with Crippen molar-refractivity contribution in [1.29, 1.82) is 0 Å². The van der Waals surface area contributed by atoms with Crippen LogP contribution in [0.2, 0.25) is 0 Å². The number of benzene rings is 2. The van der Waals surface area contributed by atoms with Crippen molar-refractivity contribution in [1.82, 2.24) is 20.6 Å². The molecule has 5 nitrogen and oxygen atoms in total. The number of H-pyrrole nitrogens is 1. The summed E-state index contributed by atoms with van der Waals surface area (Å²) in [5.74, 6) is -0.196. The Morgan fingerprint density at radius 3 is 2.63 bits per heavy atom. The topological polar surface area (TPSA) is 65.1 Å². The molecule has 0 spiro atoms. The van der Waals surface area contributed by atoms with Gasteiger partial charge >= 0.3 is 0 Å². The first kappa shape index (κ1) is 26.9. The number of rotatable bonds is 6. The summed E-state index contributed by atoms with van der Waals surface area (Å²) < 4.78 is 14.0. The van der Waals surface area contributed by atoms with Crippen LogP contribution in [0.1, 0.15) is 61.1 Å². The summed E-state index contributed by atoms with van der Waals surface area (Å²) in [5, 5.41) is 8.20. The van der Waals surface area contributed by atoms with Crippen molar-refractivity contribution in [3.05, 3.63) is 113 Å². The third-order valence-electron chi connectivity index (χ3n) is 6.36. The summed E-state index contributed by atoms with van der Waals surface area (Å²) in [6.07, 6.45) is 11.0. The molecule has 4 aromatic rings. The zero-order chi connectivity index (χ0) is 27.1. The van der Waals surface area contributed by atoms with E-state index in [1.807, 2.05) is 43.6 Å². The van der Waals surface area contributed by atoms with Crippen molar-refractivity contribution >= 4 is 28.5 Å². The fourth-order valence-electron chi connectivity index (χ4n) is 4.51. The summed E-state index contributed by atoms with van der Waals surface area (Å²) in [6.45, 7) is 10.7. The van der Waals surface area contributed by atoms with Gasteiger partial charge in [-0.25, -0.2) is 9.37 Å². The van der Waals surface area contributed by atoms with Crippen LogP contribution in [-0.4, -0.2) is 16.2 Å². The van der Waals surface area contributed by atoms with Crippen LogP contribution in [0.5, 0.6) is 0 Å². The number of allylic oxidation sites excluding steroid dienone is 1. The standard InChI is InChI=1S/C29H28FN5.C3H8/c1-4-31-27-10-8-20(13-19(27)3)25-14-23(17-34-28(25)21-7-9-26(30)18(2)12-21)33-15-22-16-35-29-24(22)6-5-11-32-29;1-3-2/h4-14,16-17,28,33-34H,15H2,1-3H3,(H,32,35);3H2,1-2H3. The number of nitrogens with one attached hydrogen (secondary N) is 3. The minimum Gasteiger partial charge on any atom is -0.380 e. The molecule has 38 heavy (non-hydrogen) atoms. The van der Waals surface area contributed by atoms with E-state index in [1.165, 1.54) is 12.5 Å². The Balaban J connectivity index is 0.00000107. The van der Waals surface area contributed by atoms with Crippen molar-refractivity contribution in [3.63, 3.8) is 0 Å². The number of aryl methyl sites for hydroxylation is 2. The molecule has 6 heteroatoms. The van der Waals surface area contributed by atoms with Gasteiger partial charge in [-0.3, -0.25) is 4.99 Å². The lowest BCUT2D eigenvalue weighted by molar-refractivity contribution is 0.615. The predicted octanol–water partition coefficient (Wildman–Crippen LogP) is 7.82. The number of pyridine rings is 1. The number of nitrogens with zero attached hydrogens (tertiary/aromatic N) is 2. The molecule has 1 aliphatic rings. The first-order valence-corrected chi connectivity index (χ1v) is 13.1. The zero-order valence-corrected chi connectivity index (χ0v) is 22.8. The molecule has 0 fully saturated rings. The molecule has 0 amide bonds. The third-order valence-corrected chi connectivity index (χ3v) is 6.36. The highest BCUT2D eigenvalue weighted by Crippen LogP contribution is 2.36. The number of fused-ring (bicyclic) bond motifs is 1. The molecule has 1 unspecified atom stereocenters. The second kappa shape index (κ2) is 12.4. The second-order valence-electron chi connectivity index (χ2n) is 9.47. The van der Waals surface area contributed by atoms with E-state index in [-0.39, 0.29) is 11.9 Å². The molecular formula is C32H36FN5. The monoisotopic (exact) mass is 509 g/mol. The summed E-state index contributed by atoms with van der Waals surface area (Å²) >= 11 is 0. The number of aromatic amines is 1. The maximum Gasteiger partial charge on any atom is 0.137 e. The lowest BCUT2D eigenvalue weighted by Gasteiger charge is -2.28. The van der Waals surface area contributed by atoms with E-state index in [2.05, 4.69) is 70.6 Å². The second-order valence-corrected chi connectivity index (χ2v) is 9.47. The minimum atomic E-state index is -0.196. The van der Waals surface area contributed by atoms with Gasteiger partial charge in [0.25, 0.3) is 0 Å². The van der Waals surface area contributed by atoms with Crippen molar-refractivity contribution in [2.45, 2.75) is 53.6 Å². The Morgan fingerprint density at radius 1 is 1.08 bits per heavy atom. The highest BCUT2D eigenvalue weighted by Gasteiger charge is 2.22. The number of halogens is 1. The molecule has 0 radical (unpaired) electrons. The van der Waals surface area contributed by atoms with E-state index in [0.717, 1.165) is 50.2 Å². The van der Waals surface area contributed by atoms with Gasteiger partial charge < -0.3 is 15.6 Å². The van der Waals surface area contributed by atoms with Crippen molar-refractivity contribution in [3.8, 4) is 0 Å². The minimum absolute atomic E-state index is 0.0999. The lowest BCUT2D eigenvalue weighted by Crippen LogP contribution is -2.25. The average molecular weight is 510 g/mol. The fraction of sp³-hybridized carbons (Fsp3) is 0.250. The first-order valence-electron chi connectivity index (χ1n) is 13.1. The predicted molar refractivity (Wildman–Crippen MR) is 157 cm³/mol. The average Bonchev–Trinajstić information content (AvgIpc) is 3.34. The Bertz CT molecular complexity index is 1500. The molecule has 196 valence electrons. The van der Waals surface area contributed by atoms with E-state index in [0.29, 0.717) is 12.1 Å². The van der Waals surface area contributed by atoms with Gasteiger partial charge in [0, 0.05) is 36.7 Å². The van der Waals surface area contributed by atoms with Crippen molar-refractivity contribution in [2.75, 3.05) is 0 Å². The molecule has 2 aromatic heterocycles. The van der Waals surface area contributed by atoms with Gasteiger partial charge in [0.05, 0.1) is 17.4 Å². The first-order chi connectivity index (χ1) is 18.4. The molecule has 5 rings (SSSR count). The van der Waals surface area contributed by atoms with Crippen LogP contribution in [0.4, 0.5) is 10.1 Å². The summed E-state index contributed by atoms with van der Waals surface area (Å²) in [5.41, 5.74) is 8.92. The van der Waals surface area contributed by atoms with Gasteiger partial charge in [-0.1, -0.05) is 38.5 Å². The van der Waals surface area contributed by atoms with Crippen molar-refractivity contribution < 1.29 is 4.39 Å². The van der Waals surface area contributed by atoms with E-state index >= 15 is 0 Å². The molecule has 0 aliphatic carbocycles. The molecule has 0 saturated heterocycles. The maximum absolute atomic E-state index is 14.0. The molecule has 1 atom stereocenters. The van der Waals surface area contributed by atoms with Gasteiger partial charge in [0.15, 0.2) is 0 Å². The van der Waals surface area contributed by atoms with Gasteiger partial charge in [0.2, 0.25) is 0 Å². The van der Waals surface area contributed by atoms with Gasteiger partial charge in [-0.15, -0.1) is 0 Å². The highest BCUT2D eigenvalue weighted by molar-refractivity contribution is 5.80. The van der Waals surface area contributed by atoms with Crippen LogP contribution in [0, 0.1) is 19.7 Å². The van der Waals surface area contributed by atoms with Gasteiger partial charge in [0.1, 0.15) is 11.5 Å². The molecule has 0 saturated carbocycles. The Kier molecular flexibility index (Phi) is 8.74. The van der Waals surface area contributed by atoms with Crippen LogP contribution < -0.4 is 10.6 Å². The van der Waals surface area contributed by atoms with Crippen LogP contribution in [-0.2, 0) is 6.54 Å². The molecule has 1 aliphatic heterocycles. The Morgan fingerprint density at radius 2 is 1.89 bits per heavy atom. The highest BCUT2D eigenvalue weighted by atomic mass is 19.1. The number of hydrogen-bond acceptors (Lipinski definition) is 4. The van der Waals surface area contributed by atoms with Crippen LogP contribution in [0.15, 0.2) is 83.9 Å². The maximum atomic E-state index is 14.0. The van der Waals surface area contributed by atoms with E-state index < -0.39 is 0 Å². The molecule has 3 heterocycles. The quantitative estimate of drug-likeness (QED) is 0.232. The fourth-order valence-corrected chi connectivity index (χ4v) is 4.51. The zero-order valence-electron chi connectivity index (χ0n) is 22.8. The summed E-state index contributed by atoms with van der Waals surface area (Å²) in [7, 11) is 0. The van der Waals surface area contributed by atoms with E-state index in [1.54, 1.807) is 19.3 Å². The third kappa shape index (κ3) is 6.02. The molecule has 3 N–H and O–H groups in total. The smallest absolute Gasteiger partial charge is 0.137 e. The SMILES string of the molecule is CC=Nc1ccc(C2=CC(NCc3c[nH]c4ncccc34)=CNC2c2ccc(F)c(C)c2)cc1C.CCC. The lowest BCUT2D eigenvalue weighted by atomic mass is 9.89. The molecule has 0 bridgehead atoms. The summed E-state index contributed by atoms with van der Waals surface area (Å²) in [4.78, 5) is 12.1. The Labute approximate surface area is 224 Å². The molecule has 2 aromatic carbocycles. The van der Waals surface area contributed by atoms with Gasteiger partial charge in [-0.05, 0) is 90.6 Å². The van der Waals surface area contributed by atoms with E-state index in [4.69, 9.17) is 0 Å². The molecular weight excluding hydrogens is 473 g/mol. The van der Waals surface area contributed by atoms with Crippen molar-refractivity contribution in [2.24, 2.45) is 4.99 Å². The van der Waals surface area contributed by atoms with Crippen LogP contribution in [0.25, 0.3) is 16.6 Å². The summed E-state index contributed by atoms with van der Waals surface area (Å²) in [6, 6.07) is 15.5. The number of hydrogen-bond donors (Lipinski definition) is 3. The Hall–Kier alpha value is -4.19. The van der Waals surface area contributed by atoms with Crippen LogP contribution >= 0.6 is 0 Å². The number of aliphatic imine (C=N–C) groups is 1. The number of dihydropyridines is 1. The van der Waals surface area contributed by atoms with Gasteiger partial charge in [-0.2, -0.15) is 0 Å². The van der Waals surface area contributed by atoms with Crippen LogP contribution in [0.3, 0.4) is 0 Å². The number of aromatic nitrogens is 2. The van der Waals surface area contributed by atoms with E-state index in [9.17, 15) is 4.39 Å². The normalized spacial score (nSPS) is 14.9. The largest absolute Gasteiger partial charge is 0.380 e.